The monoisotopic (exact) mass is 632 g/mol. The maximum Gasteiger partial charge on any atom is 0.135 e. The van der Waals surface area contributed by atoms with Gasteiger partial charge in [-0.1, -0.05) is 63.2 Å². The van der Waals surface area contributed by atoms with Crippen LogP contribution in [-0.2, 0) is 19.6 Å². The summed E-state index contributed by atoms with van der Waals surface area (Å²) in [5.74, 6) is 3.95. The van der Waals surface area contributed by atoms with Crippen molar-refractivity contribution in [2.24, 2.45) is 16.2 Å². The summed E-state index contributed by atoms with van der Waals surface area (Å²) in [6.45, 7) is 12.7. The van der Waals surface area contributed by atoms with E-state index in [1.54, 1.807) is 0 Å². The largest absolute Gasteiger partial charge is 0.493 e. The lowest BCUT2D eigenvalue weighted by atomic mass is 9.66. The van der Waals surface area contributed by atoms with Crippen LogP contribution in [0, 0.1) is 16.2 Å². The molecule has 3 saturated heterocycles. The minimum Gasteiger partial charge on any atom is -0.493 e. The molecule has 47 heavy (non-hydrogen) atoms. The molecule has 5 aliphatic rings. The highest BCUT2D eigenvalue weighted by Crippen LogP contribution is 2.63. The molecular weight excluding hydrogens is 592 g/mol. The topological polar surface area (TPSA) is 64.6 Å². The molecule has 0 unspecified atom stereocenters. The molecule has 3 fully saturated rings. The summed E-state index contributed by atoms with van der Waals surface area (Å²) < 4.78 is 42.4. The molecule has 9 rings (SSSR count). The van der Waals surface area contributed by atoms with Gasteiger partial charge in [-0.05, 0) is 46.5 Å². The number of ether oxygens (including phenoxy) is 7. The van der Waals surface area contributed by atoms with Crippen LogP contribution in [0.1, 0.15) is 43.0 Å². The normalized spacial score (nSPS) is 21.0. The van der Waals surface area contributed by atoms with E-state index in [4.69, 9.17) is 33.2 Å². The molecule has 0 bridgehead atoms. The van der Waals surface area contributed by atoms with Crippen molar-refractivity contribution in [3.63, 3.8) is 0 Å². The van der Waals surface area contributed by atoms with E-state index in [1.165, 1.54) is 22.3 Å². The Balaban J connectivity index is 1.18. The summed E-state index contributed by atoms with van der Waals surface area (Å²) in [6, 6.07) is 27.9. The van der Waals surface area contributed by atoms with Crippen molar-refractivity contribution in [3.05, 3.63) is 101 Å². The highest BCUT2D eigenvalue weighted by atomic mass is 16.5. The molecule has 7 heteroatoms. The lowest BCUT2D eigenvalue weighted by Gasteiger charge is -2.40. The third-order valence-electron chi connectivity index (χ3n) is 10.4. The van der Waals surface area contributed by atoms with Gasteiger partial charge in [-0.15, -0.1) is 0 Å². The fourth-order valence-electron chi connectivity index (χ4n) is 7.54. The zero-order valence-electron chi connectivity index (χ0n) is 27.2. The Morgan fingerprint density at radius 3 is 1.43 bits per heavy atom. The molecule has 1 aliphatic carbocycles. The van der Waals surface area contributed by atoms with Crippen LogP contribution < -0.4 is 18.9 Å². The van der Waals surface area contributed by atoms with Gasteiger partial charge in [0.05, 0.1) is 64.9 Å². The molecular formula is C40H40O7. The molecule has 0 atom stereocenters. The first kappa shape index (κ1) is 29.1. The Labute approximate surface area is 275 Å². The van der Waals surface area contributed by atoms with E-state index >= 15 is 0 Å². The van der Waals surface area contributed by atoms with Crippen molar-refractivity contribution in [3.8, 4) is 39.9 Å². The lowest BCUT2D eigenvalue weighted by molar-refractivity contribution is -0.120. The third kappa shape index (κ3) is 4.66. The standard InChI is InChI=1S/C40H40O7/c1-37(17-41-18-37)23-44-26-8-11-30-29-6-4-5-7-31(29)40(34(30)14-26)32-12-9-27(45-24-38(2)19-42-20-38)15-35(32)47-36-16-28(10-13-33(36)40)46-25-39(3)21-43-22-39/h4-16H,17-25H2,1-3H3. The molecule has 1 spiro atoms. The van der Waals surface area contributed by atoms with Crippen LogP contribution in [0.3, 0.4) is 0 Å². The predicted octanol–water partition coefficient (Wildman–Crippen LogP) is 7.40. The minimum absolute atomic E-state index is 0.0291. The molecule has 0 amide bonds. The van der Waals surface area contributed by atoms with Crippen LogP contribution in [0.2, 0.25) is 0 Å². The van der Waals surface area contributed by atoms with Gasteiger partial charge in [0.1, 0.15) is 28.7 Å². The zero-order valence-corrected chi connectivity index (χ0v) is 27.2. The Kier molecular flexibility index (Phi) is 6.49. The molecule has 4 heterocycles. The highest BCUT2D eigenvalue weighted by molar-refractivity contribution is 5.89. The summed E-state index contributed by atoms with van der Waals surface area (Å²) in [5, 5.41) is 0. The Morgan fingerprint density at radius 2 is 0.936 bits per heavy atom. The molecule has 4 aromatic rings. The summed E-state index contributed by atoms with van der Waals surface area (Å²) in [5.41, 5.74) is 6.42. The maximum absolute atomic E-state index is 6.81. The van der Waals surface area contributed by atoms with Crippen LogP contribution in [0.4, 0.5) is 0 Å². The van der Waals surface area contributed by atoms with Crippen LogP contribution in [-0.4, -0.2) is 59.5 Å². The van der Waals surface area contributed by atoms with Crippen LogP contribution >= 0.6 is 0 Å². The van der Waals surface area contributed by atoms with Gasteiger partial charge in [0.15, 0.2) is 0 Å². The summed E-state index contributed by atoms with van der Waals surface area (Å²) in [6.07, 6.45) is 0. The smallest absolute Gasteiger partial charge is 0.135 e. The van der Waals surface area contributed by atoms with Crippen LogP contribution in [0.25, 0.3) is 11.1 Å². The van der Waals surface area contributed by atoms with Gasteiger partial charge in [-0.2, -0.15) is 0 Å². The number of hydrogen-bond donors (Lipinski definition) is 0. The Morgan fingerprint density at radius 1 is 0.489 bits per heavy atom. The van der Waals surface area contributed by atoms with E-state index in [0.717, 1.165) is 53.1 Å². The zero-order chi connectivity index (χ0) is 31.9. The molecule has 0 radical (unpaired) electrons. The Bertz CT molecular complexity index is 1790. The quantitative estimate of drug-likeness (QED) is 0.165. The van der Waals surface area contributed by atoms with E-state index in [-0.39, 0.29) is 16.2 Å². The lowest BCUT2D eigenvalue weighted by Crippen LogP contribution is -2.44. The van der Waals surface area contributed by atoms with Crippen LogP contribution in [0.15, 0.2) is 78.9 Å². The average molecular weight is 633 g/mol. The van der Waals surface area contributed by atoms with E-state index < -0.39 is 5.41 Å². The Hall–Kier alpha value is -4.04. The number of fused-ring (bicyclic) bond motifs is 9. The van der Waals surface area contributed by atoms with Gasteiger partial charge in [-0.25, -0.2) is 0 Å². The minimum atomic E-state index is -0.629. The second-order valence-corrected chi connectivity index (χ2v) is 15.2. The van der Waals surface area contributed by atoms with Crippen molar-refractivity contribution in [2.75, 3.05) is 59.5 Å². The van der Waals surface area contributed by atoms with Gasteiger partial charge >= 0.3 is 0 Å². The first-order valence-electron chi connectivity index (χ1n) is 16.6. The van der Waals surface area contributed by atoms with Gasteiger partial charge < -0.3 is 33.2 Å². The summed E-state index contributed by atoms with van der Waals surface area (Å²) in [7, 11) is 0. The SMILES string of the molecule is CC1(COc2ccc3c(c2)Oc2cc(OCC4(C)COC4)ccc2C32c3ccccc3-c3ccc(OCC4(C)COC4)cc32)COC1. The van der Waals surface area contributed by atoms with Crippen molar-refractivity contribution in [1.82, 2.24) is 0 Å². The second kappa shape index (κ2) is 10.5. The van der Waals surface area contributed by atoms with Gasteiger partial charge in [-0.3, -0.25) is 0 Å². The van der Waals surface area contributed by atoms with Crippen molar-refractivity contribution >= 4 is 0 Å². The molecule has 0 aromatic heterocycles. The molecule has 242 valence electrons. The fourth-order valence-corrected chi connectivity index (χ4v) is 7.54. The molecule has 7 nitrogen and oxygen atoms in total. The van der Waals surface area contributed by atoms with E-state index in [9.17, 15) is 0 Å². The molecule has 0 N–H and O–H groups in total. The van der Waals surface area contributed by atoms with Crippen molar-refractivity contribution < 1.29 is 33.2 Å². The molecule has 4 aromatic carbocycles. The highest BCUT2D eigenvalue weighted by Gasteiger charge is 2.51. The van der Waals surface area contributed by atoms with E-state index in [2.05, 4.69) is 87.5 Å². The second-order valence-electron chi connectivity index (χ2n) is 15.2. The van der Waals surface area contributed by atoms with Gasteiger partial charge in [0.2, 0.25) is 0 Å². The fraction of sp³-hybridized carbons (Fsp3) is 0.400. The molecule has 4 aliphatic heterocycles. The van der Waals surface area contributed by atoms with E-state index in [0.29, 0.717) is 46.2 Å². The predicted molar refractivity (Wildman–Crippen MR) is 177 cm³/mol. The first-order chi connectivity index (χ1) is 22.8. The first-order valence-corrected chi connectivity index (χ1v) is 16.6. The summed E-state index contributed by atoms with van der Waals surface area (Å²) in [4.78, 5) is 0. The summed E-state index contributed by atoms with van der Waals surface area (Å²) >= 11 is 0. The van der Waals surface area contributed by atoms with Gasteiger partial charge in [0.25, 0.3) is 0 Å². The average Bonchev–Trinajstić information content (AvgIpc) is 3.32. The number of benzene rings is 4. The van der Waals surface area contributed by atoms with E-state index in [1.807, 2.05) is 12.1 Å². The third-order valence-corrected chi connectivity index (χ3v) is 10.4. The van der Waals surface area contributed by atoms with Crippen LogP contribution in [0.5, 0.6) is 28.7 Å². The maximum atomic E-state index is 6.81. The van der Waals surface area contributed by atoms with Crippen molar-refractivity contribution in [1.29, 1.82) is 0 Å². The number of rotatable bonds is 9. The molecule has 0 saturated carbocycles. The van der Waals surface area contributed by atoms with Crippen molar-refractivity contribution in [2.45, 2.75) is 26.2 Å². The number of hydrogen-bond acceptors (Lipinski definition) is 7. The van der Waals surface area contributed by atoms with Gasteiger partial charge in [0, 0.05) is 39.5 Å².